The Kier molecular flexibility index (Phi) is 6.35. The molecule has 0 aromatic rings. The van der Waals surface area contributed by atoms with Gasteiger partial charge in [-0.05, 0) is 38.0 Å². The van der Waals surface area contributed by atoms with Crippen LogP contribution in [0.3, 0.4) is 0 Å². The Bertz CT molecular complexity index is 488. The number of amides is 1. The molecule has 2 atom stereocenters. The van der Waals surface area contributed by atoms with Crippen LogP contribution in [0.2, 0.25) is 0 Å². The summed E-state index contributed by atoms with van der Waals surface area (Å²) in [6.45, 7) is 0.912. The first-order chi connectivity index (χ1) is 12.1. The molecule has 2 saturated carbocycles. The third-order valence-corrected chi connectivity index (χ3v) is 6.52. The Morgan fingerprint density at radius 3 is 2.40 bits per heavy atom. The van der Waals surface area contributed by atoms with E-state index in [0.717, 1.165) is 44.9 Å². The average molecular weight is 348 g/mol. The van der Waals surface area contributed by atoms with Gasteiger partial charge in [-0.2, -0.15) is 5.26 Å². The van der Waals surface area contributed by atoms with E-state index >= 15 is 0 Å². The molecule has 3 aliphatic rings. The summed E-state index contributed by atoms with van der Waals surface area (Å²) in [5, 5.41) is 22.9. The third kappa shape index (κ3) is 4.74. The largest absolute Gasteiger partial charge is 0.392 e. The maximum Gasteiger partial charge on any atom is 0.235 e. The molecule has 5 nitrogen and oxygen atoms in total. The van der Waals surface area contributed by atoms with E-state index in [9.17, 15) is 15.2 Å². The predicted octanol–water partition coefficient (Wildman–Crippen LogP) is 2.73. The maximum absolute atomic E-state index is 12.7. The molecule has 0 aromatic carbocycles. The van der Waals surface area contributed by atoms with Crippen molar-refractivity contribution >= 4 is 5.91 Å². The number of rotatable bonds is 4. The van der Waals surface area contributed by atoms with Crippen molar-refractivity contribution in [2.24, 2.45) is 5.92 Å². The van der Waals surface area contributed by atoms with Crippen molar-refractivity contribution < 1.29 is 9.90 Å². The fraction of sp³-hybridized carbons (Fsp3) is 0.900. The van der Waals surface area contributed by atoms with Crippen molar-refractivity contribution in [2.45, 2.75) is 94.7 Å². The minimum Gasteiger partial charge on any atom is -0.392 e. The standard InChI is InChI=1S/C20H33N3O2/c21-15-20(10-6-1-2-7-11-20)22-19(25)14-23-13-17(24)12-18(23)16-8-4-3-5-9-16/h16-18,24H,1-14H2,(H,22,25)/t17-,18+/m0/s1. The smallest absolute Gasteiger partial charge is 0.235 e. The highest BCUT2D eigenvalue weighted by atomic mass is 16.3. The molecule has 0 radical (unpaired) electrons. The summed E-state index contributed by atoms with van der Waals surface area (Å²) in [5.41, 5.74) is -0.674. The first-order valence-corrected chi connectivity index (χ1v) is 10.3. The molecule has 3 fully saturated rings. The lowest BCUT2D eigenvalue weighted by molar-refractivity contribution is -0.124. The summed E-state index contributed by atoms with van der Waals surface area (Å²) in [7, 11) is 0. The van der Waals surface area contributed by atoms with Crippen molar-refractivity contribution in [2.75, 3.05) is 13.1 Å². The molecule has 1 heterocycles. The van der Waals surface area contributed by atoms with Crippen LogP contribution in [0.4, 0.5) is 0 Å². The second-order valence-electron chi connectivity index (χ2n) is 8.44. The average Bonchev–Trinajstić information content (AvgIpc) is 2.82. The molecule has 0 aromatic heterocycles. The molecular weight excluding hydrogens is 314 g/mol. The van der Waals surface area contributed by atoms with Gasteiger partial charge in [0.25, 0.3) is 0 Å². The SMILES string of the molecule is N#CC1(NC(=O)CN2C[C@@H](O)C[C@@H]2C2CCCCC2)CCCCCC1. The van der Waals surface area contributed by atoms with Crippen LogP contribution in [0.1, 0.15) is 77.0 Å². The van der Waals surface area contributed by atoms with Gasteiger partial charge < -0.3 is 10.4 Å². The first kappa shape index (κ1) is 18.7. The van der Waals surface area contributed by atoms with Gasteiger partial charge in [-0.15, -0.1) is 0 Å². The lowest BCUT2D eigenvalue weighted by atomic mass is 9.82. The second-order valence-corrected chi connectivity index (χ2v) is 8.44. The Morgan fingerprint density at radius 2 is 1.76 bits per heavy atom. The molecule has 0 bridgehead atoms. The van der Waals surface area contributed by atoms with E-state index in [1.54, 1.807) is 0 Å². The number of nitriles is 1. The fourth-order valence-corrected chi connectivity index (χ4v) is 5.19. The van der Waals surface area contributed by atoms with Gasteiger partial charge in [-0.1, -0.05) is 44.9 Å². The molecule has 2 N–H and O–H groups in total. The quantitative estimate of drug-likeness (QED) is 0.767. The van der Waals surface area contributed by atoms with Crippen molar-refractivity contribution in [3.8, 4) is 6.07 Å². The summed E-state index contributed by atoms with van der Waals surface area (Å²) in [5.74, 6) is 0.569. The molecule has 25 heavy (non-hydrogen) atoms. The highest BCUT2D eigenvalue weighted by Gasteiger charge is 2.39. The second kappa shape index (κ2) is 8.51. The lowest BCUT2D eigenvalue weighted by Crippen LogP contribution is -2.51. The molecule has 3 rings (SSSR count). The maximum atomic E-state index is 12.7. The Labute approximate surface area is 151 Å². The molecule has 1 amide bonds. The number of nitrogens with one attached hydrogen (secondary N) is 1. The van der Waals surface area contributed by atoms with Crippen molar-refractivity contribution in [1.29, 1.82) is 5.26 Å². The van der Waals surface area contributed by atoms with Gasteiger partial charge in [0.2, 0.25) is 5.91 Å². The Balaban J connectivity index is 1.59. The van der Waals surface area contributed by atoms with Crippen LogP contribution < -0.4 is 5.32 Å². The van der Waals surface area contributed by atoms with E-state index in [0.29, 0.717) is 25.0 Å². The van der Waals surface area contributed by atoms with Crippen LogP contribution >= 0.6 is 0 Å². The normalized spacial score (nSPS) is 31.2. The van der Waals surface area contributed by atoms with Gasteiger partial charge in [0, 0.05) is 12.6 Å². The summed E-state index contributed by atoms with van der Waals surface area (Å²) in [6, 6.07) is 2.72. The minimum atomic E-state index is -0.674. The number of aliphatic hydroxyl groups is 1. The Morgan fingerprint density at radius 1 is 1.12 bits per heavy atom. The number of carbonyl (C=O) groups is 1. The number of aliphatic hydroxyl groups excluding tert-OH is 1. The van der Waals surface area contributed by atoms with Crippen molar-refractivity contribution in [1.82, 2.24) is 10.2 Å². The molecule has 1 aliphatic heterocycles. The van der Waals surface area contributed by atoms with Gasteiger partial charge in [0.1, 0.15) is 5.54 Å². The topological polar surface area (TPSA) is 76.4 Å². The third-order valence-electron chi connectivity index (χ3n) is 6.52. The Hall–Kier alpha value is -1.12. The number of hydrogen-bond acceptors (Lipinski definition) is 4. The van der Waals surface area contributed by atoms with Crippen molar-refractivity contribution in [3.05, 3.63) is 0 Å². The first-order valence-electron chi connectivity index (χ1n) is 10.3. The molecule has 1 saturated heterocycles. The van der Waals surface area contributed by atoms with Crippen LogP contribution in [0, 0.1) is 17.2 Å². The molecule has 0 unspecified atom stereocenters. The highest BCUT2D eigenvalue weighted by Crippen LogP contribution is 2.34. The van der Waals surface area contributed by atoms with E-state index in [-0.39, 0.29) is 12.0 Å². The fourth-order valence-electron chi connectivity index (χ4n) is 5.19. The zero-order valence-corrected chi connectivity index (χ0v) is 15.4. The number of β-amino-alcohol motifs (C(OH)–C–C–N with tert-alkyl or cyclic N) is 1. The van der Waals surface area contributed by atoms with E-state index in [1.807, 2.05) is 0 Å². The highest BCUT2D eigenvalue weighted by molar-refractivity contribution is 5.79. The number of carbonyl (C=O) groups excluding carboxylic acids is 1. The van der Waals surface area contributed by atoms with Gasteiger partial charge >= 0.3 is 0 Å². The predicted molar refractivity (Wildman–Crippen MR) is 96.7 cm³/mol. The van der Waals surface area contributed by atoms with Crippen LogP contribution in [0.15, 0.2) is 0 Å². The molecular formula is C20H33N3O2. The number of hydrogen-bond donors (Lipinski definition) is 2. The number of likely N-dealkylation sites (tertiary alicyclic amines) is 1. The summed E-state index contributed by atoms with van der Waals surface area (Å²) < 4.78 is 0. The van der Waals surface area contributed by atoms with Gasteiger partial charge in [0.15, 0.2) is 0 Å². The van der Waals surface area contributed by atoms with Gasteiger partial charge in [-0.3, -0.25) is 9.69 Å². The van der Waals surface area contributed by atoms with E-state index < -0.39 is 5.54 Å². The summed E-state index contributed by atoms with van der Waals surface area (Å²) >= 11 is 0. The molecule has 2 aliphatic carbocycles. The summed E-state index contributed by atoms with van der Waals surface area (Å²) in [6.07, 6.45) is 12.7. The van der Waals surface area contributed by atoms with E-state index in [1.165, 1.54) is 32.1 Å². The van der Waals surface area contributed by atoms with Crippen molar-refractivity contribution in [3.63, 3.8) is 0 Å². The zero-order chi connectivity index (χ0) is 17.7. The molecule has 140 valence electrons. The molecule has 0 spiro atoms. The lowest BCUT2D eigenvalue weighted by Gasteiger charge is -2.34. The number of nitrogens with zero attached hydrogens (tertiary/aromatic N) is 2. The van der Waals surface area contributed by atoms with E-state index in [4.69, 9.17) is 0 Å². The minimum absolute atomic E-state index is 0.0432. The summed E-state index contributed by atoms with van der Waals surface area (Å²) in [4.78, 5) is 14.9. The molecule has 5 heteroatoms. The zero-order valence-electron chi connectivity index (χ0n) is 15.4. The van der Waals surface area contributed by atoms with E-state index in [2.05, 4.69) is 16.3 Å². The monoisotopic (exact) mass is 347 g/mol. The van der Waals surface area contributed by atoms with Crippen LogP contribution in [0.25, 0.3) is 0 Å². The van der Waals surface area contributed by atoms with Crippen LogP contribution in [-0.2, 0) is 4.79 Å². The van der Waals surface area contributed by atoms with Gasteiger partial charge in [0.05, 0.1) is 18.7 Å². The van der Waals surface area contributed by atoms with Gasteiger partial charge in [-0.25, -0.2) is 0 Å². The van der Waals surface area contributed by atoms with Crippen LogP contribution in [0.5, 0.6) is 0 Å². The van der Waals surface area contributed by atoms with Crippen LogP contribution in [-0.4, -0.2) is 46.7 Å².